The Labute approximate surface area is 152 Å². The molecule has 0 aromatic heterocycles. The molecular weight excluding hydrogens is 308 g/mol. The molecule has 0 aliphatic heterocycles. The standard InChI is InChI=1S/C23H32O2/c1-16(10-11-17-7-5-8-18(15-17)22(2,3)25)19-12-13-20-21(24)9-6-14-23(19,20)4/h5,7-8,15-16,19-21,24-25H,6,9,12-14H2,1-4H3/t16-,19+,20-,21-,23+/m0/s1. The molecule has 0 unspecified atom stereocenters. The van der Waals surface area contributed by atoms with E-state index in [1.807, 2.05) is 24.3 Å². The van der Waals surface area contributed by atoms with Gasteiger partial charge in [-0.3, -0.25) is 0 Å². The number of aliphatic hydroxyl groups is 2. The van der Waals surface area contributed by atoms with Gasteiger partial charge in [-0.15, -0.1) is 0 Å². The quantitative estimate of drug-likeness (QED) is 0.779. The third-order valence-corrected chi connectivity index (χ3v) is 6.78. The van der Waals surface area contributed by atoms with Crippen molar-refractivity contribution in [2.24, 2.45) is 23.2 Å². The lowest BCUT2D eigenvalue weighted by Crippen LogP contribution is -2.41. The van der Waals surface area contributed by atoms with Crippen molar-refractivity contribution < 1.29 is 10.2 Å². The average Bonchev–Trinajstić information content (AvgIpc) is 2.91. The van der Waals surface area contributed by atoms with Gasteiger partial charge in [0.25, 0.3) is 0 Å². The molecule has 0 bridgehead atoms. The van der Waals surface area contributed by atoms with E-state index < -0.39 is 5.60 Å². The molecule has 0 amide bonds. The van der Waals surface area contributed by atoms with Crippen molar-refractivity contribution in [2.75, 3.05) is 0 Å². The van der Waals surface area contributed by atoms with Crippen LogP contribution in [0.1, 0.15) is 70.9 Å². The number of hydrogen-bond donors (Lipinski definition) is 2. The van der Waals surface area contributed by atoms with Gasteiger partial charge in [-0.1, -0.05) is 44.2 Å². The van der Waals surface area contributed by atoms with E-state index in [9.17, 15) is 10.2 Å². The minimum Gasteiger partial charge on any atom is -0.393 e. The van der Waals surface area contributed by atoms with E-state index in [-0.39, 0.29) is 11.5 Å². The van der Waals surface area contributed by atoms with Crippen molar-refractivity contribution in [1.82, 2.24) is 0 Å². The van der Waals surface area contributed by atoms with Crippen molar-refractivity contribution in [2.45, 2.75) is 71.5 Å². The average molecular weight is 341 g/mol. The Kier molecular flexibility index (Phi) is 5.02. The van der Waals surface area contributed by atoms with Gasteiger partial charge in [0, 0.05) is 11.5 Å². The zero-order valence-electron chi connectivity index (χ0n) is 16.0. The fraction of sp³-hybridized carbons (Fsp3) is 0.652. The summed E-state index contributed by atoms with van der Waals surface area (Å²) >= 11 is 0. The molecule has 25 heavy (non-hydrogen) atoms. The molecule has 2 nitrogen and oxygen atoms in total. The molecule has 0 radical (unpaired) electrons. The highest BCUT2D eigenvalue weighted by atomic mass is 16.3. The first kappa shape index (κ1) is 18.5. The summed E-state index contributed by atoms with van der Waals surface area (Å²) in [5.74, 6) is 8.16. The minimum absolute atomic E-state index is 0.118. The van der Waals surface area contributed by atoms with Gasteiger partial charge in [0.15, 0.2) is 0 Å². The molecule has 2 aliphatic carbocycles. The van der Waals surface area contributed by atoms with Gasteiger partial charge >= 0.3 is 0 Å². The highest BCUT2D eigenvalue weighted by Crippen LogP contribution is 2.57. The van der Waals surface area contributed by atoms with Crippen LogP contribution < -0.4 is 0 Å². The van der Waals surface area contributed by atoms with Crippen LogP contribution >= 0.6 is 0 Å². The SMILES string of the molecule is C[C@@H](C#Cc1cccc(C(C)(C)O)c1)[C@H]1CC[C@H]2[C@@H](O)CCC[C@]12C. The van der Waals surface area contributed by atoms with E-state index in [0.29, 0.717) is 17.8 Å². The van der Waals surface area contributed by atoms with E-state index in [4.69, 9.17) is 0 Å². The predicted octanol–water partition coefficient (Wildman–Crippen LogP) is 4.48. The molecule has 0 saturated heterocycles. The van der Waals surface area contributed by atoms with Crippen molar-refractivity contribution in [1.29, 1.82) is 0 Å². The normalized spacial score (nSPS) is 33.3. The molecule has 0 heterocycles. The smallest absolute Gasteiger partial charge is 0.0840 e. The Morgan fingerprint density at radius 1 is 1.24 bits per heavy atom. The Morgan fingerprint density at radius 2 is 2.00 bits per heavy atom. The van der Waals surface area contributed by atoms with Crippen molar-refractivity contribution >= 4 is 0 Å². The van der Waals surface area contributed by atoms with Crippen LogP contribution in [0.15, 0.2) is 24.3 Å². The Morgan fingerprint density at radius 3 is 2.72 bits per heavy atom. The van der Waals surface area contributed by atoms with Crippen molar-refractivity contribution in [3.8, 4) is 11.8 Å². The molecule has 1 aromatic carbocycles. The maximum Gasteiger partial charge on any atom is 0.0840 e. The maximum atomic E-state index is 10.4. The molecule has 2 N–H and O–H groups in total. The lowest BCUT2D eigenvalue weighted by molar-refractivity contribution is -0.0224. The summed E-state index contributed by atoms with van der Waals surface area (Å²) in [4.78, 5) is 0. The first-order valence-corrected chi connectivity index (χ1v) is 9.74. The second-order valence-corrected chi connectivity index (χ2v) is 8.95. The van der Waals surface area contributed by atoms with Crippen molar-refractivity contribution in [3.05, 3.63) is 35.4 Å². The van der Waals surface area contributed by atoms with Gasteiger partial charge < -0.3 is 10.2 Å². The maximum absolute atomic E-state index is 10.4. The zero-order valence-corrected chi connectivity index (χ0v) is 16.0. The minimum atomic E-state index is -0.840. The van der Waals surface area contributed by atoms with Crippen LogP contribution in [0.3, 0.4) is 0 Å². The van der Waals surface area contributed by atoms with E-state index in [2.05, 4.69) is 25.7 Å². The third kappa shape index (κ3) is 3.64. The molecule has 1 aromatic rings. The number of fused-ring (bicyclic) bond motifs is 1. The van der Waals surface area contributed by atoms with Gasteiger partial charge in [0.2, 0.25) is 0 Å². The Hall–Kier alpha value is -1.30. The van der Waals surface area contributed by atoms with Gasteiger partial charge in [0.1, 0.15) is 0 Å². The fourth-order valence-electron chi connectivity index (χ4n) is 5.29. The van der Waals surface area contributed by atoms with Gasteiger partial charge in [-0.05, 0) is 74.5 Å². The van der Waals surface area contributed by atoms with Gasteiger partial charge in [-0.25, -0.2) is 0 Å². The molecule has 2 saturated carbocycles. The Balaban J connectivity index is 1.78. The fourth-order valence-corrected chi connectivity index (χ4v) is 5.29. The molecular formula is C23H32O2. The van der Waals surface area contributed by atoms with E-state index in [0.717, 1.165) is 30.4 Å². The second kappa shape index (κ2) is 6.78. The summed E-state index contributed by atoms with van der Waals surface area (Å²) in [6, 6.07) is 7.91. The number of rotatable bonds is 2. The van der Waals surface area contributed by atoms with Crippen LogP contribution in [0, 0.1) is 35.0 Å². The molecule has 136 valence electrons. The summed E-state index contributed by atoms with van der Waals surface area (Å²) < 4.78 is 0. The first-order valence-electron chi connectivity index (χ1n) is 9.74. The van der Waals surface area contributed by atoms with Crippen LogP contribution in [0.25, 0.3) is 0 Å². The lowest BCUT2D eigenvalue weighted by atomic mass is 9.62. The summed E-state index contributed by atoms with van der Waals surface area (Å²) in [5, 5.41) is 20.6. The zero-order chi connectivity index (χ0) is 18.2. The van der Waals surface area contributed by atoms with E-state index in [1.165, 1.54) is 12.8 Å². The molecule has 3 rings (SSSR count). The van der Waals surface area contributed by atoms with Crippen LogP contribution in [-0.4, -0.2) is 16.3 Å². The Bertz CT molecular complexity index is 675. The topological polar surface area (TPSA) is 40.5 Å². The molecule has 2 heteroatoms. The van der Waals surface area contributed by atoms with E-state index >= 15 is 0 Å². The van der Waals surface area contributed by atoms with Crippen molar-refractivity contribution in [3.63, 3.8) is 0 Å². The number of hydrogen-bond acceptors (Lipinski definition) is 2. The van der Waals surface area contributed by atoms with Crippen LogP contribution in [0.4, 0.5) is 0 Å². The third-order valence-electron chi connectivity index (χ3n) is 6.78. The molecule has 2 aliphatic rings. The van der Waals surface area contributed by atoms with E-state index in [1.54, 1.807) is 13.8 Å². The monoisotopic (exact) mass is 340 g/mol. The largest absolute Gasteiger partial charge is 0.393 e. The number of benzene rings is 1. The summed E-state index contributed by atoms with van der Waals surface area (Å²) in [6.07, 6.45) is 5.53. The highest BCUT2D eigenvalue weighted by Gasteiger charge is 2.52. The highest BCUT2D eigenvalue weighted by molar-refractivity contribution is 5.39. The van der Waals surface area contributed by atoms with Gasteiger partial charge in [0.05, 0.1) is 11.7 Å². The van der Waals surface area contributed by atoms with Crippen LogP contribution in [-0.2, 0) is 5.60 Å². The first-order chi connectivity index (χ1) is 11.7. The molecule has 2 fully saturated rings. The summed E-state index contributed by atoms with van der Waals surface area (Å²) in [5.41, 5.74) is 1.26. The van der Waals surface area contributed by atoms with Crippen LogP contribution in [0.2, 0.25) is 0 Å². The lowest BCUT2D eigenvalue weighted by Gasteiger charge is -2.44. The summed E-state index contributed by atoms with van der Waals surface area (Å²) in [6.45, 7) is 8.23. The predicted molar refractivity (Wildman–Crippen MR) is 102 cm³/mol. The molecule has 5 atom stereocenters. The summed E-state index contributed by atoms with van der Waals surface area (Å²) in [7, 11) is 0. The van der Waals surface area contributed by atoms with Crippen LogP contribution in [0.5, 0.6) is 0 Å². The molecule has 0 spiro atoms. The van der Waals surface area contributed by atoms with Gasteiger partial charge in [-0.2, -0.15) is 0 Å². The second-order valence-electron chi connectivity index (χ2n) is 8.95. The number of aliphatic hydroxyl groups excluding tert-OH is 1.